The topological polar surface area (TPSA) is 46.5 Å². The van der Waals surface area contributed by atoms with Crippen LogP contribution in [-0.4, -0.2) is 23.8 Å². The molecule has 1 fully saturated rings. The number of hydrogen-bond acceptors (Lipinski definition) is 2. The summed E-state index contributed by atoms with van der Waals surface area (Å²) in [5.41, 5.74) is 0. The zero-order valence-electron chi connectivity index (χ0n) is 10.0. The van der Waals surface area contributed by atoms with Gasteiger partial charge in [0.25, 0.3) is 0 Å². The number of ether oxygens (including phenoxy) is 1. The Morgan fingerprint density at radius 1 is 1.56 bits per heavy atom. The molecule has 16 heavy (non-hydrogen) atoms. The molecule has 0 amide bonds. The van der Waals surface area contributed by atoms with Crippen molar-refractivity contribution in [3.05, 3.63) is 12.7 Å². The fraction of sp³-hybridized carbons (Fsp3) is 0.769. The Morgan fingerprint density at radius 2 is 2.31 bits per heavy atom. The third kappa shape index (κ3) is 3.63. The molecule has 0 aromatic rings. The average Bonchev–Trinajstić information content (AvgIpc) is 2.29. The second kappa shape index (κ2) is 6.69. The van der Waals surface area contributed by atoms with E-state index in [4.69, 9.17) is 9.84 Å². The Bertz CT molecular complexity index is 237. The van der Waals surface area contributed by atoms with Crippen molar-refractivity contribution in [2.75, 3.05) is 6.61 Å². The Morgan fingerprint density at radius 3 is 2.88 bits per heavy atom. The predicted molar refractivity (Wildman–Crippen MR) is 63.3 cm³/mol. The van der Waals surface area contributed by atoms with Gasteiger partial charge in [-0.15, -0.1) is 6.58 Å². The van der Waals surface area contributed by atoms with Crippen molar-refractivity contribution in [2.45, 2.75) is 45.1 Å². The molecule has 0 aromatic heterocycles. The van der Waals surface area contributed by atoms with Crippen LogP contribution in [-0.2, 0) is 9.53 Å². The summed E-state index contributed by atoms with van der Waals surface area (Å²) in [6.07, 6.45) is 6.28. The summed E-state index contributed by atoms with van der Waals surface area (Å²) in [6.45, 7) is 6.38. The largest absolute Gasteiger partial charge is 0.481 e. The molecule has 0 saturated heterocycles. The van der Waals surface area contributed by atoms with Gasteiger partial charge in [0.2, 0.25) is 0 Å². The van der Waals surface area contributed by atoms with Gasteiger partial charge in [0.1, 0.15) is 0 Å². The molecule has 1 rings (SSSR count). The first kappa shape index (κ1) is 13.2. The van der Waals surface area contributed by atoms with E-state index in [1.807, 2.05) is 0 Å². The molecule has 1 aliphatic carbocycles. The van der Waals surface area contributed by atoms with E-state index in [0.717, 1.165) is 32.1 Å². The van der Waals surface area contributed by atoms with Gasteiger partial charge in [-0.2, -0.15) is 0 Å². The van der Waals surface area contributed by atoms with Gasteiger partial charge in [0, 0.05) is 0 Å². The normalized spacial score (nSPS) is 29.9. The molecule has 3 heteroatoms. The molecule has 0 bridgehead atoms. The summed E-state index contributed by atoms with van der Waals surface area (Å²) in [5.74, 6) is -0.393. The summed E-state index contributed by atoms with van der Waals surface area (Å²) in [5, 5.41) is 9.12. The molecule has 1 saturated carbocycles. The standard InChI is InChI=1S/C13H22O3/c1-3-5-8-16-12-9-10(4-2)6-7-11(12)13(14)15/h3,10-12H,1,4-9H2,2H3,(H,14,15). The number of carbonyl (C=O) groups is 1. The molecular formula is C13H22O3. The van der Waals surface area contributed by atoms with E-state index in [1.165, 1.54) is 0 Å². The minimum absolute atomic E-state index is 0.101. The maximum Gasteiger partial charge on any atom is 0.309 e. The van der Waals surface area contributed by atoms with Crippen LogP contribution in [0, 0.1) is 11.8 Å². The summed E-state index contributed by atoms with van der Waals surface area (Å²) in [4.78, 5) is 11.1. The van der Waals surface area contributed by atoms with Gasteiger partial charge in [-0.25, -0.2) is 0 Å². The minimum Gasteiger partial charge on any atom is -0.481 e. The van der Waals surface area contributed by atoms with E-state index in [2.05, 4.69) is 13.5 Å². The first-order valence-corrected chi connectivity index (χ1v) is 6.14. The van der Waals surface area contributed by atoms with E-state index in [9.17, 15) is 4.79 Å². The zero-order valence-corrected chi connectivity index (χ0v) is 10.0. The molecule has 0 aliphatic heterocycles. The molecule has 1 aliphatic rings. The van der Waals surface area contributed by atoms with Crippen molar-refractivity contribution in [3.8, 4) is 0 Å². The van der Waals surface area contributed by atoms with Crippen molar-refractivity contribution in [2.24, 2.45) is 11.8 Å². The summed E-state index contributed by atoms with van der Waals surface area (Å²) in [7, 11) is 0. The second-order valence-electron chi connectivity index (χ2n) is 4.52. The monoisotopic (exact) mass is 226 g/mol. The Balaban J connectivity index is 2.49. The highest BCUT2D eigenvalue weighted by atomic mass is 16.5. The van der Waals surface area contributed by atoms with E-state index >= 15 is 0 Å². The van der Waals surface area contributed by atoms with E-state index in [1.54, 1.807) is 6.08 Å². The highest BCUT2D eigenvalue weighted by molar-refractivity contribution is 5.70. The lowest BCUT2D eigenvalue weighted by Crippen LogP contribution is -2.36. The molecule has 0 heterocycles. The van der Waals surface area contributed by atoms with Crippen molar-refractivity contribution < 1.29 is 14.6 Å². The zero-order chi connectivity index (χ0) is 12.0. The fourth-order valence-electron chi connectivity index (χ4n) is 2.35. The predicted octanol–water partition coefficient (Wildman–Crippen LogP) is 2.86. The number of aliphatic carboxylic acids is 1. The third-order valence-corrected chi connectivity index (χ3v) is 3.45. The number of carboxylic acids is 1. The van der Waals surface area contributed by atoms with Gasteiger partial charge in [-0.05, 0) is 31.6 Å². The van der Waals surface area contributed by atoms with Gasteiger partial charge >= 0.3 is 5.97 Å². The van der Waals surface area contributed by atoms with Crippen LogP contribution in [0.25, 0.3) is 0 Å². The molecule has 0 radical (unpaired) electrons. The van der Waals surface area contributed by atoms with Crippen LogP contribution in [0.3, 0.4) is 0 Å². The number of carboxylic acid groups (broad SMARTS) is 1. The van der Waals surface area contributed by atoms with Crippen molar-refractivity contribution in [1.29, 1.82) is 0 Å². The van der Waals surface area contributed by atoms with Gasteiger partial charge in [-0.1, -0.05) is 19.4 Å². The molecule has 3 nitrogen and oxygen atoms in total. The van der Waals surface area contributed by atoms with Gasteiger partial charge < -0.3 is 9.84 Å². The highest BCUT2D eigenvalue weighted by Gasteiger charge is 2.34. The van der Waals surface area contributed by atoms with Crippen molar-refractivity contribution in [3.63, 3.8) is 0 Å². The summed E-state index contributed by atoms with van der Waals surface area (Å²) < 4.78 is 5.68. The smallest absolute Gasteiger partial charge is 0.309 e. The summed E-state index contributed by atoms with van der Waals surface area (Å²) in [6, 6.07) is 0. The van der Waals surface area contributed by atoms with Crippen molar-refractivity contribution in [1.82, 2.24) is 0 Å². The number of hydrogen-bond donors (Lipinski definition) is 1. The molecule has 0 spiro atoms. The first-order valence-electron chi connectivity index (χ1n) is 6.14. The Labute approximate surface area is 97.5 Å². The van der Waals surface area contributed by atoms with E-state index < -0.39 is 5.97 Å². The van der Waals surface area contributed by atoms with E-state index in [0.29, 0.717) is 12.5 Å². The lowest BCUT2D eigenvalue weighted by atomic mass is 9.78. The average molecular weight is 226 g/mol. The van der Waals surface area contributed by atoms with Gasteiger partial charge in [0.05, 0.1) is 18.6 Å². The third-order valence-electron chi connectivity index (χ3n) is 3.45. The van der Waals surface area contributed by atoms with Crippen LogP contribution in [0.5, 0.6) is 0 Å². The Kier molecular flexibility index (Phi) is 5.53. The van der Waals surface area contributed by atoms with Crippen LogP contribution in [0.15, 0.2) is 12.7 Å². The summed E-state index contributed by atoms with van der Waals surface area (Å²) >= 11 is 0. The molecule has 3 atom stereocenters. The van der Waals surface area contributed by atoms with Crippen LogP contribution >= 0.6 is 0 Å². The maximum atomic E-state index is 11.1. The molecule has 1 N–H and O–H groups in total. The molecule has 92 valence electrons. The minimum atomic E-state index is -0.710. The van der Waals surface area contributed by atoms with Crippen LogP contribution < -0.4 is 0 Å². The molecule has 3 unspecified atom stereocenters. The Hall–Kier alpha value is -0.830. The molecule has 0 aromatic carbocycles. The first-order chi connectivity index (χ1) is 7.69. The second-order valence-corrected chi connectivity index (χ2v) is 4.52. The lowest BCUT2D eigenvalue weighted by molar-refractivity contribution is -0.150. The number of rotatable bonds is 6. The van der Waals surface area contributed by atoms with Crippen LogP contribution in [0.4, 0.5) is 0 Å². The highest BCUT2D eigenvalue weighted by Crippen LogP contribution is 2.33. The molecular weight excluding hydrogens is 204 g/mol. The van der Waals surface area contributed by atoms with Gasteiger partial charge in [0.15, 0.2) is 0 Å². The SMILES string of the molecule is C=CCCOC1CC(CC)CCC1C(=O)O. The maximum absolute atomic E-state index is 11.1. The van der Waals surface area contributed by atoms with Crippen molar-refractivity contribution >= 4 is 5.97 Å². The van der Waals surface area contributed by atoms with Gasteiger partial charge in [-0.3, -0.25) is 4.79 Å². The van der Waals surface area contributed by atoms with Crippen LogP contribution in [0.2, 0.25) is 0 Å². The lowest BCUT2D eigenvalue weighted by Gasteiger charge is -2.33. The van der Waals surface area contributed by atoms with Crippen LogP contribution in [0.1, 0.15) is 39.0 Å². The fourth-order valence-corrected chi connectivity index (χ4v) is 2.35. The van der Waals surface area contributed by atoms with E-state index in [-0.39, 0.29) is 12.0 Å². The quantitative estimate of drug-likeness (QED) is 0.559.